The Morgan fingerprint density at radius 3 is 2.62 bits per heavy atom. The summed E-state index contributed by atoms with van der Waals surface area (Å²) in [7, 11) is 0. The van der Waals surface area contributed by atoms with Crippen molar-refractivity contribution in [3.05, 3.63) is 33.5 Å². The quantitative estimate of drug-likeness (QED) is 0.851. The smallest absolute Gasteiger partial charge is 0.130 e. The molecule has 0 radical (unpaired) electrons. The Morgan fingerprint density at radius 1 is 1.33 bits per heavy atom. The van der Waals surface area contributed by atoms with Crippen LogP contribution in [-0.2, 0) is 0 Å². The summed E-state index contributed by atoms with van der Waals surface area (Å²) in [4.78, 5) is 2.46. The predicted molar refractivity (Wildman–Crippen MR) is 90.6 cm³/mol. The second-order valence-corrected chi connectivity index (χ2v) is 7.02. The number of hydrogen-bond donors (Lipinski definition) is 1. The summed E-state index contributed by atoms with van der Waals surface area (Å²) in [5.41, 5.74) is 1.62. The summed E-state index contributed by atoms with van der Waals surface area (Å²) < 4.78 is 15.6. The van der Waals surface area contributed by atoms with Gasteiger partial charge in [-0.15, -0.1) is 12.4 Å². The van der Waals surface area contributed by atoms with Crippen LogP contribution in [0.1, 0.15) is 36.4 Å². The zero-order valence-corrected chi connectivity index (χ0v) is 14.8. The third-order valence-electron chi connectivity index (χ3n) is 4.45. The van der Waals surface area contributed by atoms with E-state index in [1.807, 2.05) is 19.1 Å². The summed E-state index contributed by atoms with van der Waals surface area (Å²) >= 11 is 3.52. The summed E-state index contributed by atoms with van der Waals surface area (Å²) in [5, 5.41) is 3.38. The lowest BCUT2D eigenvalue weighted by Crippen LogP contribution is -2.45. The van der Waals surface area contributed by atoms with E-state index in [2.05, 4.69) is 26.1 Å². The van der Waals surface area contributed by atoms with Gasteiger partial charge in [0, 0.05) is 42.3 Å². The molecule has 5 heteroatoms. The number of aryl methyl sites for hydroxylation is 1. The Hall–Kier alpha value is -0.160. The second-order valence-electron chi connectivity index (χ2n) is 6.11. The fourth-order valence-corrected chi connectivity index (χ4v) is 3.72. The van der Waals surface area contributed by atoms with E-state index in [-0.39, 0.29) is 24.3 Å². The molecule has 0 bridgehead atoms. The van der Waals surface area contributed by atoms with Crippen LogP contribution in [0.5, 0.6) is 0 Å². The Bertz CT molecular complexity index is 487. The van der Waals surface area contributed by atoms with E-state index in [0.717, 1.165) is 54.1 Å². The molecule has 2 nitrogen and oxygen atoms in total. The minimum Gasteiger partial charge on any atom is -0.314 e. The minimum atomic E-state index is -0.0163. The molecule has 2 aliphatic rings. The molecule has 1 saturated carbocycles. The zero-order chi connectivity index (χ0) is 14.1. The van der Waals surface area contributed by atoms with Gasteiger partial charge in [0.15, 0.2) is 0 Å². The van der Waals surface area contributed by atoms with Crippen LogP contribution in [0.25, 0.3) is 0 Å². The highest BCUT2D eigenvalue weighted by molar-refractivity contribution is 9.10. The summed E-state index contributed by atoms with van der Waals surface area (Å²) in [6, 6.07) is 4.09. The summed E-state index contributed by atoms with van der Waals surface area (Å²) in [6.45, 7) is 5.91. The normalized spacial score (nSPS) is 20.9. The molecule has 0 unspecified atom stereocenters. The third kappa shape index (κ3) is 4.19. The Kier molecular flexibility index (Phi) is 6.06. The van der Waals surface area contributed by atoms with Gasteiger partial charge in [0.05, 0.1) is 0 Å². The van der Waals surface area contributed by atoms with Crippen LogP contribution in [-0.4, -0.2) is 31.1 Å². The van der Waals surface area contributed by atoms with Crippen molar-refractivity contribution in [1.29, 1.82) is 0 Å². The van der Waals surface area contributed by atoms with Crippen molar-refractivity contribution in [2.45, 2.75) is 32.2 Å². The topological polar surface area (TPSA) is 15.3 Å². The molecule has 0 spiro atoms. The minimum absolute atomic E-state index is 0. The maximum Gasteiger partial charge on any atom is 0.130 e. The van der Waals surface area contributed by atoms with Crippen molar-refractivity contribution < 1.29 is 4.39 Å². The van der Waals surface area contributed by atoms with E-state index in [1.54, 1.807) is 0 Å². The molecule has 1 atom stereocenters. The molecule has 1 saturated heterocycles. The van der Waals surface area contributed by atoms with E-state index < -0.39 is 0 Å². The molecule has 2 fully saturated rings. The van der Waals surface area contributed by atoms with Gasteiger partial charge in [-0.3, -0.25) is 4.90 Å². The fraction of sp³-hybridized carbons (Fsp3) is 0.625. The maximum atomic E-state index is 14.6. The number of piperazine rings is 1. The van der Waals surface area contributed by atoms with Gasteiger partial charge in [0.25, 0.3) is 0 Å². The predicted octanol–water partition coefficient (Wildman–Crippen LogP) is 4.06. The van der Waals surface area contributed by atoms with Crippen molar-refractivity contribution in [3.8, 4) is 0 Å². The van der Waals surface area contributed by atoms with E-state index in [0.29, 0.717) is 0 Å². The largest absolute Gasteiger partial charge is 0.314 e. The van der Waals surface area contributed by atoms with E-state index in [1.165, 1.54) is 12.8 Å². The Labute approximate surface area is 141 Å². The Morgan fingerprint density at radius 2 is 2.00 bits per heavy atom. The number of rotatable bonds is 4. The molecular formula is C16H23BrClFN2. The Balaban J connectivity index is 0.00000161. The van der Waals surface area contributed by atoms with Gasteiger partial charge >= 0.3 is 0 Å². The fourth-order valence-electron chi connectivity index (χ4n) is 3.13. The van der Waals surface area contributed by atoms with Crippen molar-refractivity contribution >= 4 is 28.3 Å². The number of hydrogen-bond acceptors (Lipinski definition) is 2. The monoisotopic (exact) mass is 376 g/mol. The highest BCUT2D eigenvalue weighted by Gasteiger charge is 2.32. The van der Waals surface area contributed by atoms with Crippen LogP contribution < -0.4 is 5.32 Å². The third-order valence-corrected chi connectivity index (χ3v) is 4.91. The van der Waals surface area contributed by atoms with E-state index >= 15 is 0 Å². The van der Waals surface area contributed by atoms with Gasteiger partial charge in [-0.2, -0.15) is 0 Å². The average molecular weight is 378 g/mol. The van der Waals surface area contributed by atoms with Crippen LogP contribution in [0.15, 0.2) is 16.6 Å². The zero-order valence-electron chi connectivity index (χ0n) is 12.4. The molecule has 3 rings (SSSR count). The SMILES string of the molecule is Cc1cc(Br)cc([C@H](CC2CC2)N2CCNCC2)c1F.Cl. The van der Waals surface area contributed by atoms with Crippen molar-refractivity contribution in [3.63, 3.8) is 0 Å². The van der Waals surface area contributed by atoms with Gasteiger partial charge in [-0.05, 0) is 37.0 Å². The van der Waals surface area contributed by atoms with Crippen LogP contribution in [0, 0.1) is 18.7 Å². The highest BCUT2D eigenvalue weighted by Crippen LogP contribution is 2.41. The van der Waals surface area contributed by atoms with E-state index in [9.17, 15) is 4.39 Å². The van der Waals surface area contributed by atoms with Crippen LogP contribution >= 0.6 is 28.3 Å². The summed E-state index contributed by atoms with van der Waals surface area (Å²) in [5.74, 6) is 0.783. The number of benzene rings is 1. The van der Waals surface area contributed by atoms with Gasteiger partial charge < -0.3 is 5.32 Å². The molecule has 1 aromatic rings. The van der Waals surface area contributed by atoms with Crippen LogP contribution in [0.4, 0.5) is 4.39 Å². The van der Waals surface area contributed by atoms with Crippen molar-refractivity contribution in [2.24, 2.45) is 5.92 Å². The molecule has 1 N–H and O–H groups in total. The van der Waals surface area contributed by atoms with Crippen molar-refractivity contribution in [2.75, 3.05) is 26.2 Å². The number of nitrogens with zero attached hydrogens (tertiary/aromatic N) is 1. The number of nitrogens with one attached hydrogen (secondary N) is 1. The molecular weight excluding hydrogens is 355 g/mol. The molecule has 1 heterocycles. The highest BCUT2D eigenvalue weighted by atomic mass is 79.9. The average Bonchev–Trinajstić information content (AvgIpc) is 3.25. The lowest BCUT2D eigenvalue weighted by atomic mass is 9.96. The molecule has 1 aliphatic heterocycles. The number of halogens is 3. The van der Waals surface area contributed by atoms with Gasteiger partial charge in [0.2, 0.25) is 0 Å². The van der Waals surface area contributed by atoms with Crippen LogP contribution in [0.2, 0.25) is 0 Å². The van der Waals surface area contributed by atoms with Gasteiger partial charge in [0.1, 0.15) is 5.82 Å². The lowest BCUT2D eigenvalue weighted by molar-refractivity contribution is 0.157. The molecule has 1 aromatic carbocycles. The first-order chi connectivity index (χ1) is 9.65. The second kappa shape index (κ2) is 7.40. The van der Waals surface area contributed by atoms with Gasteiger partial charge in [-0.25, -0.2) is 4.39 Å². The van der Waals surface area contributed by atoms with Crippen molar-refractivity contribution in [1.82, 2.24) is 10.2 Å². The van der Waals surface area contributed by atoms with Gasteiger partial charge in [-0.1, -0.05) is 28.8 Å². The van der Waals surface area contributed by atoms with E-state index in [4.69, 9.17) is 0 Å². The summed E-state index contributed by atoms with van der Waals surface area (Å²) in [6.07, 6.45) is 3.74. The molecule has 118 valence electrons. The van der Waals surface area contributed by atoms with Crippen LogP contribution in [0.3, 0.4) is 0 Å². The first kappa shape index (κ1) is 17.2. The first-order valence-corrected chi connectivity index (χ1v) is 8.35. The standard InChI is InChI=1S/C16H22BrFN2.ClH/c1-11-8-13(17)10-14(16(11)18)15(9-12-2-3-12)20-6-4-19-5-7-20;/h8,10,12,15,19H,2-7,9H2,1H3;1H/t15-;/m0./s1. The maximum absolute atomic E-state index is 14.6. The molecule has 1 aliphatic carbocycles. The molecule has 0 amide bonds. The molecule has 21 heavy (non-hydrogen) atoms. The molecule has 0 aromatic heterocycles. The lowest BCUT2D eigenvalue weighted by Gasteiger charge is -2.36. The first-order valence-electron chi connectivity index (χ1n) is 7.55.